The lowest BCUT2D eigenvalue weighted by Crippen LogP contribution is -2.41. The van der Waals surface area contributed by atoms with Gasteiger partial charge in [0, 0.05) is 0 Å². The van der Waals surface area contributed by atoms with E-state index < -0.39 is 0 Å². The van der Waals surface area contributed by atoms with Gasteiger partial charge in [0.05, 0.1) is 5.92 Å². The average Bonchev–Trinajstić information content (AvgIpc) is 3.36. The molecule has 5 aliphatic carbocycles. The molecule has 0 aromatic carbocycles. The third kappa shape index (κ3) is 2.53. The summed E-state index contributed by atoms with van der Waals surface area (Å²) in [6.07, 6.45) is 18.4. The van der Waals surface area contributed by atoms with Gasteiger partial charge in [-0.2, -0.15) is 0 Å². The fraction of sp³-hybridized carbons (Fsp3) is 0.870. The number of fused-ring (bicyclic) bond motifs is 9. The second-order valence-electron chi connectivity index (χ2n) is 9.83. The third-order valence-corrected chi connectivity index (χ3v) is 8.80. The largest absolute Gasteiger partial charge is 0.459 e. The van der Waals surface area contributed by atoms with Crippen LogP contribution in [0.5, 0.6) is 0 Å². The van der Waals surface area contributed by atoms with Crippen LogP contribution in [0.25, 0.3) is 0 Å². The number of carbonyl (C=O) groups is 1. The van der Waals surface area contributed by atoms with Gasteiger partial charge in [-0.1, -0.05) is 38.3 Å². The van der Waals surface area contributed by atoms with Crippen LogP contribution in [0.15, 0.2) is 12.2 Å². The zero-order valence-electron chi connectivity index (χ0n) is 15.8. The molecule has 4 bridgehead atoms. The van der Waals surface area contributed by atoms with E-state index in [2.05, 4.69) is 19.1 Å². The lowest BCUT2D eigenvalue weighted by atomic mass is 9.69. The van der Waals surface area contributed by atoms with Gasteiger partial charge in [-0.3, -0.25) is 4.79 Å². The second-order valence-corrected chi connectivity index (χ2v) is 9.83. The fourth-order valence-electron chi connectivity index (χ4n) is 7.65. The molecule has 0 aromatic heterocycles. The van der Waals surface area contributed by atoms with Gasteiger partial charge < -0.3 is 4.74 Å². The van der Waals surface area contributed by atoms with E-state index in [1.54, 1.807) is 0 Å². The van der Waals surface area contributed by atoms with Crippen LogP contribution in [0.3, 0.4) is 0 Å². The molecule has 0 N–H and O–H groups in total. The quantitative estimate of drug-likeness (QED) is 0.384. The highest BCUT2D eigenvalue weighted by Crippen LogP contribution is 2.67. The molecule has 7 atom stereocenters. The van der Waals surface area contributed by atoms with Crippen LogP contribution in [0, 0.1) is 41.4 Å². The van der Waals surface area contributed by atoms with E-state index in [0.717, 1.165) is 55.3 Å². The van der Waals surface area contributed by atoms with Crippen LogP contribution in [0.2, 0.25) is 0 Å². The summed E-state index contributed by atoms with van der Waals surface area (Å²) in [5.74, 6) is 5.17. The SMILES string of the molecule is CCC1(OC(=O)C2CC3CC2C2C4C=CC(C4)C32)CCCCCCC1. The molecule has 138 valence electrons. The van der Waals surface area contributed by atoms with E-state index in [0.29, 0.717) is 5.92 Å². The van der Waals surface area contributed by atoms with Gasteiger partial charge >= 0.3 is 5.97 Å². The molecule has 5 rings (SSSR count). The fourth-order valence-corrected chi connectivity index (χ4v) is 7.65. The van der Waals surface area contributed by atoms with Crippen molar-refractivity contribution in [3.05, 3.63) is 12.2 Å². The summed E-state index contributed by atoms with van der Waals surface area (Å²) in [7, 11) is 0. The zero-order valence-corrected chi connectivity index (χ0v) is 15.8. The van der Waals surface area contributed by atoms with Crippen molar-refractivity contribution < 1.29 is 9.53 Å². The van der Waals surface area contributed by atoms with Crippen LogP contribution < -0.4 is 0 Å². The first-order valence-corrected chi connectivity index (χ1v) is 11.1. The maximum atomic E-state index is 13.2. The second kappa shape index (κ2) is 6.13. The van der Waals surface area contributed by atoms with Crippen LogP contribution >= 0.6 is 0 Å². The van der Waals surface area contributed by atoms with Gasteiger partial charge in [-0.15, -0.1) is 0 Å². The lowest BCUT2D eigenvalue weighted by Gasteiger charge is -2.39. The first-order valence-electron chi connectivity index (χ1n) is 11.1. The molecule has 0 saturated heterocycles. The zero-order chi connectivity index (χ0) is 17.0. The summed E-state index contributed by atoms with van der Waals surface area (Å²) in [6.45, 7) is 2.23. The van der Waals surface area contributed by atoms with Gasteiger partial charge in [-0.25, -0.2) is 0 Å². The highest BCUT2D eigenvalue weighted by atomic mass is 16.6. The smallest absolute Gasteiger partial charge is 0.309 e. The van der Waals surface area contributed by atoms with Crippen molar-refractivity contribution in [3.8, 4) is 0 Å². The Hall–Kier alpha value is -0.790. The molecule has 5 aliphatic rings. The van der Waals surface area contributed by atoms with Crippen molar-refractivity contribution >= 4 is 5.97 Å². The van der Waals surface area contributed by atoms with E-state index in [1.807, 2.05) is 0 Å². The van der Waals surface area contributed by atoms with Crippen molar-refractivity contribution in [3.63, 3.8) is 0 Å². The monoisotopic (exact) mass is 342 g/mol. The highest BCUT2D eigenvalue weighted by molar-refractivity contribution is 5.74. The summed E-state index contributed by atoms with van der Waals surface area (Å²) >= 11 is 0. The van der Waals surface area contributed by atoms with Crippen molar-refractivity contribution in [2.75, 3.05) is 0 Å². The van der Waals surface area contributed by atoms with Crippen LogP contribution in [-0.2, 0) is 9.53 Å². The molecule has 25 heavy (non-hydrogen) atoms. The maximum absolute atomic E-state index is 13.2. The normalized spacial score (nSPS) is 46.7. The summed E-state index contributed by atoms with van der Waals surface area (Å²) in [5.41, 5.74) is -0.146. The molecule has 4 saturated carbocycles. The molecule has 2 heteroatoms. The van der Waals surface area contributed by atoms with Crippen molar-refractivity contribution in [1.29, 1.82) is 0 Å². The topological polar surface area (TPSA) is 26.3 Å². The maximum Gasteiger partial charge on any atom is 0.309 e. The summed E-state index contributed by atoms with van der Waals surface area (Å²) < 4.78 is 6.37. The van der Waals surface area contributed by atoms with Gasteiger partial charge in [0.2, 0.25) is 0 Å². The molecule has 0 amide bonds. The minimum Gasteiger partial charge on any atom is -0.459 e. The number of esters is 1. The van der Waals surface area contributed by atoms with E-state index in [-0.39, 0.29) is 17.5 Å². The molecule has 0 aromatic rings. The van der Waals surface area contributed by atoms with Crippen molar-refractivity contribution in [2.45, 2.75) is 83.2 Å². The number of hydrogen-bond donors (Lipinski definition) is 0. The molecule has 0 radical (unpaired) electrons. The summed E-state index contributed by atoms with van der Waals surface area (Å²) in [5, 5.41) is 0. The summed E-state index contributed by atoms with van der Waals surface area (Å²) in [4.78, 5) is 13.2. The van der Waals surface area contributed by atoms with E-state index >= 15 is 0 Å². The molecule has 0 heterocycles. The Morgan fingerprint density at radius 3 is 2.36 bits per heavy atom. The number of ether oxygens (including phenoxy) is 1. The number of allylic oxidation sites excluding steroid dienone is 2. The van der Waals surface area contributed by atoms with Gasteiger partial charge in [0.25, 0.3) is 0 Å². The highest BCUT2D eigenvalue weighted by Gasteiger charge is 2.62. The number of hydrogen-bond acceptors (Lipinski definition) is 2. The summed E-state index contributed by atoms with van der Waals surface area (Å²) in [6, 6.07) is 0. The van der Waals surface area contributed by atoms with Gasteiger partial charge in [-0.05, 0) is 86.9 Å². The molecule has 0 aliphatic heterocycles. The van der Waals surface area contributed by atoms with Gasteiger partial charge in [0.15, 0.2) is 0 Å². The first-order chi connectivity index (χ1) is 12.2. The van der Waals surface area contributed by atoms with E-state index in [9.17, 15) is 4.79 Å². The van der Waals surface area contributed by atoms with Crippen molar-refractivity contribution in [1.82, 2.24) is 0 Å². The number of carbonyl (C=O) groups excluding carboxylic acids is 1. The van der Waals surface area contributed by atoms with E-state index in [1.165, 1.54) is 44.9 Å². The molecular formula is C23H34O2. The lowest BCUT2D eigenvalue weighted by molar-refractivity contribution is -0.171. The Labute approximate surface area is 152 Å². The Balaban J connectivity index is 1.29. The predicted molar refractivity (Wildman–Crippen MR) is 98.9 cm³/mol. The van der Waals surface area contributed by atoms with Crippen LogP contribution in [0.1, 0.15) is 77.6 Å². The molecule has 4 fully saturated rings. The molecular weight excluding hydrogens is 308 g/mol. The third-order valence-electron chi connectivity index (χ3n) is 8.80. The average molecular weight is 343 g/mol. The predicted octanol–water partition coefficient (Wildman–Crippen LogP) is 5.52. The minimum absolute atomic E-state index is 0.146. The minimum atomic E-state index is -0.146. The molecule has 0 spiro atoms. The Morgan fingerprint density at radius 2 is 1.64 bits per heavy atom. The molecule has 7 unspecified atom stereocenters. The van der Waals surface area contributed by atoms with E-state index in [4.69, 9.17) is 4.74 Å². The standard InChI is InChI=1S/C23H34O2/c1-2-23(10-6-4-3-5-7-11-23)25-22(24)19-14-17-13-18(19)21-16-9-8-15(12-16)20(17)21/h8-9,15-21H,2-7,10-14H2,1H3. The number of rotatable bonds is 3. The first kappa shape index (κ1) is 16.4. The van der Waals surface area contributed by atoms with Crippen LogP contribution in [-0.4, -0.2) is 11.6 Å². The molecule has 2 nitrogen and oxygen atoms in total. The van der Waals surface area contributed by atoms with Crippen LogP contribution in [0.4, 0.5) is 0 Å². The Kier molecular flexibility index (Phi) is 4.02. The Morgan fingerprint density at radius 1 is 0.960 bits per heavy atom. The van der Waals surface area contributed by atoms with Gasteiger partial charge in [0.1, 0.15) is 5.60 Å². The Bertz CT molecular complexity index is 556. The van der Waals surface area contributed by atoms with Crippen molar-refractivity contribution in [2.24, 2.45) is 41.4 Å².